The van der Waals surface area contributed by atoms with Crippen LogP contribution in [-0.2, 0) is 6.42 Å². The Kier molecular flexibility index (Phi) is 5.62. The molecular weight excluding hydrogens is 444 g/mol. The Balaban J connectivity index is 1.78. The van der Waals surface area contributed by atoms with E-state index in [1.54, 1.807) is 0 Å². The second kappa shape index (κ2) is 8.07. The Labute approximate surface area is 225 Å². The number of benzene rings is 2. The zero-order chi connectivity index (χ0) is 27.2. The predicted octanol–water partition coefficient (Wildman–Crippen LogP) is 10.4. The summed E-state index contributed by atoms with van der Waals surface area (Å²) in [5.74, 6) is 0. The average Bonchev–Trinajstić information content (AvgIpc) is 2.76. The van der Waals surface area contributed by atoms with E-state index in [2.05, 4.69) is 99.2 Å². The van der Waals surface area contributed by atoms with Crippen molar-refractivity contribution in [2.75, 3.05) is 0 Å². The summed E-state index contributed by atoms with van der Waals surface area (Å²) in [6, 6.07) is 11.5. The molecule has 0 radical (unpaired) electrons. The molecule has 37 heavy (non-hydrogen) atoms. The van der Waals surface area contributed by atoms with Gasteiger partial charge in [0.2, 0.25) is 0 Å². The Morgan fingerprint density at radius 2 is 1.49 bits per heavy atom. The zero-order valence-corrected chi connectivity index (χ0v) is 24.6. The molecule has 0 saturated carbocycles. The highest BCUT2D eigenvalue weighted by atomic mass is 14.6. The first-order chi connectivity index (χ1) is 17.2. The lowest BCUT2D eigenvalue weighted by atomic mass is 9.41. The van der Waals surface area contributed by atoms with Crippen LogP contribution in [0.3, 0.4) is 0 Å². The lowest BCUT2D eigenvalue weighted by Crippen LogP contribution is -2.52. The van der Waals surface area contributed by atoms with Crippen LogP contribution in [0.1, 0.15) is 82.2 Å². The summed E-state index contributed by atoms with van der Waals surface area (Å²) in [5.41, 5.74) is 18.9. The standard InChI is InChI=1S/C37H44/c1-21(2)32-25(6)18-36(11)20-35(10)19-31-30(29-15-13-22(3)17-24(29)5)16-14-23(4)33(31)26(7)34(35)28(9)37(36,12)27(32)8/h13-17H,1,7-8,18-20H2,2-6,9-12H3/t35-,36+,37-/m1/s1. The van der Waals surface area contributed by atoms with Crippen molar-refractivity contribution in [3.8, 4) is 11.1 Å². The van der Waals surface area contributed by atoms with Crippen molar-refractivity contribution in [1.82, 2.24) is 0 Å². The van der Waals surface area contributed by atoms with Crippen LogP contribution >= 0.6 is 0 Å². The van der Waals surface area contributed by atoms with Crippen molar-refractivity contribution in [1.29, 1.82) is 0 Å². The van der Waals surface area contributed by atoms with Crippen molar-refractivity contribution in [2.45, 2.75) is 81.6 Å². The molecule has 0 spiro atoms. The van der Waals surface area contributed by atoms with Gasteiger partial charge in [0.15, 0.2) is 0 Å². The van der Waals surface area contributed by atoms with Crippen LogP contribution in [0.4, 0.5) is 0 Å². The van der Waals surface area contributed by atoms with Crippen LogP contribution in [0.5, 0.6) is 0 Å². The highest BCUT2D eigenvalue weighted by Crippen LogP contribution is 2.70. The first-order valence-electron chi connectivity index (χ1n) is 13.8. The minimum atomic E-state index is -0.116. The minimum absolute atomic E-state index is 0.0326. The van der Waals surface area contributed by atoms with E-state index in [9.17, 15) is 0 Å². The average molecular weight is 489 g/mol. The fraction of sp³-hybridized carbons (Fsp3) is 0.405. The van der Waals surface area contributed by atoms with Gasteiger partial charge >= 0.3 is 0 Å². The Hall–Kier alpha value is -2.86. The lowest BCUT2D eigenvalue weighted by Gasteiger charge is -2.62. The smallest absolute Gasteiger partial charge is 0.0194 e. The molecule has 0 heteroatoms. The Morgan fingerprint density at radius 3 is 2.11 bits per heavy atom. The maximum absolute atomic E-state index is 4.84. The first-order valence-corrected chi connectivity index (χ1v) is 13.8. The summed E-state index contributed by atoms with van der Waals surface area (Å²) in [6.45, 7) is 34.9. The Morgan fingerprint density at radius 1 is 0.838 bits per heavy atom. The lowest BCUT2D eigenvalue weighted by molar-refractivity contribution is 0.0544. The monoisotopic (exact) mass is 488 g/mol. The maximum atomic E-state index is 4.84. The normalized spacial score (nSPS) is 29.2. The highest BCUT2D eigenvalue weighted by molar-refractivity contribution is 5.90. The molecule has 3 aliphatic rings. The van der Waals surface area contributed by atoms with Crippen LogP contribution in [0.2, 0.25) is 0 Å². The molecule has 0 fully saturated rings. The molecule has 0 unspecified atom stereocenters. The molecule has 2 aromatic carbocycles. The van der Waals surface area contributed by atoms with E-state index >= 15 is 0 Å². The van der Waals surface area contributed by atoms with Gasteiger partial charge in [0.25, 0.3) is 0 Å². The SMILES string of the molecule is C=C(C)C1=C(C)C[C@@]2(C)C[C@@]3(C)Cc4c(-c5ccc(C)cc5C)ccc(C)c4C(=C)C3=C(C)[C@@]2(C)C1=C. The van der Waals surface area contributed by atoms with Gasteiger partial charge in [-0.25, -0.2) is 0 Å². The van der Waals surface area contributed by atoms with Gasteiger partial charge in [-0.2, -0.15) is 0 Å². The van der Waals surface area contributed by atoms with Crippen molar-refractivity contribution < 1.29 is 0 Å². The van der Waals surface area contributed by atoms with Gasteiger partial charge < -0.3 is 0 Å². The first kappa shape index (κ1) is 25.8. The zero-order valence-electron chi connectivity index (χ0n) is 24.6. The molecule has 3 atom stereocenters. The third-order valence-electron chi connectivity index (χ3n) is 10.5. The molecular formula is C37H44. The minimum Gasteiger partial charge on any atom is -0.0955 e. The summed E-state index contributed by atoms with van der Waals surface area (Å²) < 4.78 is 0. The van der Waals surface area contributed by atoms with Crippen LogP contribution < -0.4 is 0 Å². The van der Waals surface area contributed by atoms with Gasteiger partial charge in [0.1, 0.15) is 0 Å². The number of allylic oxidation sites excluding steroid dienone is 7. The van der Waals surface area contributed by atoms with E-state index in [4.69, 9.17) is 13.2 Å². The predicted molar refractivity (Wildman–Crippen MR) is 162 cm³/mol. The number of rotatable bonds is 2. The maximum Gasteiger partial charge on any atom is 0.0194 e. The van der Waals surface area contributed by atoms with E-state index in [1.807, 2.05) is 0 Å². The molecule has 0 bridgehead atoms. The van der Waals surface area contributed by atoms with E-state index in [0.29, 0.717) is 0 Å². The van der Waals surface area contributed by atoms with Crippen molar-refractivity contribution in [3.63, 3.8) is 0 Å². The number of fused-ring (bicyclic) bond motifs is 3. The molecule has 192 valence electrons. The van der Waals surface area contributed by atoms with Gasteiger partial charge in [-0.1, -0.05) is 93.1 Å². The topological polar surface area (TPSA) is 0 Å². The highest BCUT2D eigenvalue weighted by Gasteiger charge is 2.59. The van der Waals surface area contributed by atoms with Gasteiger partial charge in [-0.15, -0.1) is 0 Å². The van der Waals surface area contributed by atoms with E-state index < -0.39 is 0 Å². The van der Waals surface area contributed by atoms with E-state index in [1.165, 1.54) is 72.4 Å². The summed E-state index contributed by atoms with van der Waals surface area (Å²) in [7, 11) is 0. The fourth-order valence-electron chi connectivity index (χ4n) is 8.91. The molecule has 0 N–H and O–H groups in total. The molecule has 0 saturated heterocycles. The third-order valence-corrected chi connectivity index (χ3v) is 10.5. The number of hydrogen-bond acceptors (Lipinski definition) is 0. The molecule has 0 aromatic heterocycles. The molecule has 0 aliphatic heterocycles. The van der Waals surface area contributed by atoms with Crippen molar-refractivity contribution in [3.05, 3.63) is 111 Å². The molecule has 5 rings (SSSR count). The van der Waals surface area contributed by atoms with Gasteiger partial charge in [0.05, 0.1) is 0 Å². The van der Waals surface area contributed by atoms with Gasteiger partial charge in [-0.05, 0) is 127 Å². The van der Waals surface area contributed by atoms with Crippen molar-refractivity contribution in [2.24, 2.45) is 16.2 Å². The van der Waals surface area contributed by atoms with E-state index in [0.717, 1.165) is 24.8 Å². The quantitative estimate of drug-likeness (QED) is 0.394. The van der Waals surface area contributed by atoms with Crippen LogP contribution in [0, 0.1) is 37.0 Å². The summed E-state index contributed by atoms with van der Waals surface area (Å²) in [4.78, 5) is 0. The molecule has 0 nitrogen and oxygen atoms in total. The summed E-state index contributed by atoms with van der Waals surface area (Å²) in [5, 5.41) is 0. The molecule has 0 amide bonds. The van der Waals surface area contributed by atoms with Crippen LogP contribution in [0.25, 0.3) is 16.7 Å². The summed E-state index contributed by atoms with van der Waals surface area (Å²) >= 11 is 0. The second-order valence-corrected chi connectivity index (χ2v) is 13.3. The fourth-order valence-corrected chi connectivity index (χ4v) is 8.91. The van der Waals surface area contributed by atoms with E-state index in [-0.39, 0.29) is 16.2 Å². The summed E-state index contributed by atoms with van der Waals surface area (Å²) in [6.07, 6.45) is 3.26. The Bertz CT molecular complexity index is 1480. The molecule has 3 aliphatic carbocycles. The van der Waals surface area contributed by atoms with Gasteiger partial charge in [-0.3, -0.25) is 0 Å². The van der Waals surface area contributed by atoms with Gasteiger partial charge in [0, 0.05) is 5.41 Å². The van der Waals surface area contributed by atoms with Crippen LogP contribution in [0.15, 0.2) is 83.5 Å². The molecule has 0 heterocycles. The number of hydrogen-bond donors (Lipinski definition) is 0. The van der Waals surface area contributed by atoms with Crippen molar-refractivity contribution >= 4 is 5.57 Å². The second-order valence-electron chi connectivity index (χ2n) is 13.3. The largest absolute Gasteiger partial charge is 0.0955 e. The molecule has 2 aromatic rings. The van der Waals surface area contributed by atoms with Crippen LogP contribution in [-0.4, -0.2) is 0 Å². The number of aryl methyl sites for hydroxylation is 3. The third kappa shape index (κ3) is 3.34.